The fraction of sp³-hybridized carbons (Fsp3) is 1.00. The van der Waals surface area contributed by atoms with Crippen molar-refractivity contribution in [3.05, 3.63) is 0 Å². The van der Waals surface area contributed by atoms with Gasteiger partial charge in [0.15, 0.2) is 0 Å². The van der Waals surface area contributed by atoms with Gasteiger partial charge in [0, 0.05) is 23.8 Å². The molecule has 0 spiro atoms. The molecule has 0 aromatic heterocycles. The fourth-order valence-electron chi connectivity index (χ4n) is 6.49. The molecule has 0 aromatic rings. The first kappa shape index (κ1) is 51.3. The zero-order valence-electron chi connectivity index (χ0n) is 32.2. The van der Waals surface area contributed by atoms with E-state index in [9.17, 15) is 0 Å². The Kier molecular flexibility index (Phi) is 40.8. The molecule has 0 amide bonds. The van der Waals surface area contributed by atoms with Gasteiger partial charge < -0.3 is 0 Å². The number of rotatable bonds is 18. The zero-order valence-corrected chi connectivity index (χ0v) is 38.4. The van der Waals surface area contributed by atoms with Crippen molar-refractivity contribution in [2.45, 2.75) is 233 Å². The first-order valence-electron chi connectivity index (χ1n) is 18.1. The van der Waals surface area contributed by atoms with Gasteiger partial charge in [-0.05, 0) is 120 Å². The molecule has 0 heterocycles. The summed E-state index contributed by atoms with van der Waals surface area (Å²) in [5, 5.41) is 0. The van der Waals surface area contributed by atoms with Crippen molar-refractivity contribution in [1.29, 1.82) is 0 Å². The van der Waals surface area contributed by atoms with Gasteiger partial charge in [-0.25, -0.2) is 0 Å². The van der Waals surface area contributed by atoms with E-state index in [1.54, 1.807) is 0 Å². The topological polar surface area (TPSA) is 0 Å². The monoisotopic (exact) mass is 781 g/mol. The summed E-state index contributed by atoms with van der Waals surface area (Å²) in [5.41, 5.74) is 8.96. The minimum absolute atomic E-state index is 0.130. The molecule has 0 aromatic carbocycles. The average Bonchev–Trinajstić information content (AvgIpc) is 3.00. The molecule has 0 aliphatic rings. The average molecular weight is 782 g/mol. The number of hydrogen-bond acceptors (Lipinski definition) is 0. The van der Waals surface area contributed by atoms with Crippen LogP contribution in [0.5, 0.6) is 0 Å². The second kappa shape index (κ2) is 33.4. The molecule has 0 rings (SSSR count). The van der Waals surface area contributed by atoms with Crippen molar-refractivity contribution >= 4 is 43.1 Å². The normalized spacial score (nSPS) is 19.8. The Hall–Kier alpha value is 2.49. The zero-order chi connectivity index (χ0) is 34.0. The van der Waals surface area contributed by atoms with Crippen molar-refractivity contribution < 1.29 is 15.1 Å². The third-order valence-corrected chi connectivity index (χ3v) is 24.5. The first-order valence-corrected chi connectivity index (χ1v) is 27.8. The summed E-state index contributed by atoms with van der Waals surface area (Å²) in [5.74, 6) is 0. The van der Waals surface area contributed by atoms with E-state index in [-0.39, 0.29) is 38.9 Å². The summed E-state index contributed by atoms with van der Waals surface area (Å²) in [6.07, 6.45) is 12.4. The van der Waals surface area contributed by atoms with Crippen LogP contribution in [0.1, 0.15) is 182 Å². The standard InChI is InChI=1S/3C12H27P.2ClH.Ru/c3*1-7-10(4)13(11(5)8-2)12(6)9-3;;;/h3*10-12H,7-9H2,1-6H3;2*1H;/q;;;;;+2/p+1. The molecule has 0 nitrogen and oxygen atoms in total. The molecule has 0 radical (unpaired) electrons. The SMILES string of the molecule is CCC(C)[PH+](C(C)CC)C(C)CC.CCC(C)[PH+](C(C)CC)C(C)CC.CCC(C)[PH+](C(C)CC)C(C)CC.[Cl][Ru][Cl]. The van der Waals surface area contributed by atoms with E-state index in [1.165, 1.54) is 57.8 Å². The Morgan fingerprint density at radius 3 is 0.429 bits per heavy atom. The molecule has 0 saturated carbocycles. The van der Waals surface area contributed by atoms with Gasteiger partial charge in [0.25, 0.3) is 0 Å². The Labute approximate surface area is 289 Å². The molecular weight excluding hydrogens is 697 g/mol. The van der Waals surface area contributed by atoms with Crippen LogP contribution in [0.15, 0.2) is 0 Å². The Morgan fingerprint density at radius 2 is 0.381 bits per heavy atom. The van der Waals surface area contributed by atoms with E-state index in [1.807, 2.05) is 0 Å². The van der Waals surface area contributed by atoms with Gasteiger partial charge in [0.2, 0.25) is 0 Å². The van der Waals surface area contributed by atoms with E-state index >= 15 is 0 Å². The number of hydrogen-bond donors (Lipinski definition) is 0. The van der Waals surface area contributed by atoms with Gasteiger partial charge in [-0.15, -0.1) is 0 Å². The second-order valence-electron chi connectivity index (χ2n) is 13.3. The third kappa shape index (κ3) is 22.9. The van der Waals surface area contributed by atoms with Crippen LogP contribution < -0.4 is 0 Å². The van der Waals surface area contributed by atoms with E-state index in [0.717, 1.165) is 50.9 Å². The molecule has 9 unspecified atom stereocenters. The van der Waals surface area contributed by atoms with E-state index < -0.39 is 0 Å². The molecule has 0 N–H and O–H groups in total. The predicted octanol–water partition coefficient (Wildman–Crippen LogP) is 15.2. The van der Waals surface area contributed by atoms with Crippen LogP contribution in [-0.2, 0) is 15.1 Å². The summed E-state index contributed by atoms with van der Waals surface area (Å²) in [6, 6.07) is 0. The van der Waals surface area contributed by atoms with Gasteiger partial charge in [-0.1, -0.05) is 62.3 Å². The first-order chi connectivity index (χ1) is 19.6. The van der Waals surface area contributed by atoms with Gasteiger partial charge in [0.1, 0.15) is 0 Å². The fourth-order valence-corrected chi connectivity index (χ4v) is 19.5. The van der Waals surface area contributed by atoms with Crippen molar-refractivity contribution in [2.24, 2.45) is 0 Å². The van der Waals surface area contributed by atoms with Crippen molar-refractivity contribution in [3.8, 4) is 0 Å². The van der Waals surface area contributed by atoms with Crippen LogP contribution in [0, 0.1) is 0 Å². The molecule has 0 bridgehead atoms. The van der Waals surface area contributed by atoms with Crippen molar-refractivity contribution in [3.63, 3.8) is 0 Å². The molecular formula is C36H84Cl2P3Ru+3. The second-order valence-corrected chi connectivity index (χ2v) is 27.8. The van der Waals surface area contributed by atoms with Crippen LogP contribution in [-0.4, -0.2) is 50.9 Å². The maximum atomic E-state index is 4.85. The van der Waals surface area contributed by atoms with Crippen LogP contribution in [0.25, 0.3) is 0 Å². The van der Waals surface area contributed by atoms with Crippen LogP contribution in [0.4, 0.5) is 0 Å². The molecule has 0 aliphatic heterocycles. The van der Waals surface area contributed by atoms with Crippen molar-refractivity contribution in [2.75, 3.05) is 0 Å². The van der Waals surface area contributed by atoms with Crippen LogP contribution in [0.2, 0.25) is 0 Å². The molecule has 42 heavy (non-hydrogen) atoms. The quantitative estimate of drug-likeness (QED) is 0.0960. The van der Waals surface area contributed by atoms with E-state index in [2.05, 4.69) is 125 Å². The maximum absolute atomic E-state index is 4.85. The molecule has 0 saturated heterocycles. The van der Waals surface area contributed by atoms with Crippen LogP contribution in [0.3, 0.4) is 0 Å². The molecule has 0 aliphatic carbocycles. The van der Waals surface area contributed by atoms with Gasteiger partial charge in [0.05, 0.1) is 50.9 Å². The Balaban J connectivity index is -0.000000246. The predicted molar refractivity (Wildman–Crippen MR) is 214 cm³/mol. The van der Waals surface area contributed by atoms with Gasteiger partial charge in [-0.3, -0.25) is 0 Å². The molecule has 9 atom stereocenters. The summed E-state index contributed by atoms with van der Waals surface area (Å²) in [6.45, 7) is 43.3. The molecule has 0 fully saturated rings. The van der Waals surface area contributed by atoms with Crippen LogP contribution >= 0.6 is 43.1 Å². The molecule has 6 heteroatoms. The third-order valence-electron chi connectivity index (χ3n) is 10.6. The minimum atomic E-state index is -0.346. The Bertz CT molecular complexity index is 399. The molecule has 262 valence electrons. The summed E-state index contributed by atoms with van der Waals surface area (Å²) >= 11 is -0.346. The number of halogens is 2. The van der Waals surface area contributed by atoms with E-state index in [4.69, 9.17) is 19.4 Å². The van der Waals surface area contributed by atoms with Gasteiger partial charge in [-0.2, -0.15) is 0 Å². The van der Waals surface area contributed by atoms with Crippen molar-refractivity contribution in [1.82, 2.24) is 0 Å². The van der Waals surface area contributed by atoms with Gasteiger partial charge >= 0.3 is 34.5 Å². The Morgan fingerprint density at radius 1 is 0.310 bits per heavy atom. The summed E-state index contributed by atoms with van der Waals surface area (Å²) in [4.78, 5) is 0. The summed E-state index contributed by atoms with van der Waals surface area (Å²) in [7, 11) is 9.32. The summed E-state index contributed by atoms with van der Waals surface area (Å²) < 4.78 is 0. The van der Waals surface area contributed by atoms with E-state index in [0.29, 0.717) is 0 Å².